The van der Waals surface area contributed by atoms with Gasteiger partial charge >= 0.3 is 0 Å². The second-order valence-corrected chi connectivity index (χ2v) is 8.48. The molecule has 1 amide bonds. The zero-order valence-corrected chi connectivity index (χ0v) is 17.4. The first-order valence-corrected chi connectivity index (χ1v) is 10.5. The Morgan fingerprint density at radius 3 is 2.75 bits per heavy atom. The highest BCUT2D eigenvalue weighted by Gasteiger charge is 2.32. The number of hydrogen-bond acceptors (Lipinski definition) is 6. The van der Waals surface area contributed by atoms with Crippen LogP contribution in [0.15, 0.2) is 41.9 Å². The summed E-state index contributed by atoms with van der Waals surface area (Å²) in [5.74, 6) is 0.701. The zero-order chi connectivity index (χ0) is 19.7. The Balaban J connectivity index is 1.41. The number of nitrogens with one attached hydrogen (secondary N) is 1. The minimum absolute atomic E-state index is 0.0581. The van der Waals surface area contributed by atoms with E-state index in [0.717, 1.165) is 29.3 Å². The van der Waals surface area contributed by atoms with Crippen LogP contribution in [-0.4, -0.2) is 52.5 Å². The molecule has 1 fully saturated rings. The van der Waals surface area contributed by atoms with Gasteiger partial charge < -0.3 is 10.2 Å². The summed E-state index contributed by atoms with van der Waals surface area (Å²) < 4.78 is 0. The third-order valence-corrected chi connectivity index (χ3v) is 6.09. The lowest BCUT2D eigenvalue weighted by molar-refractivity contribution is -0.117. The predicted molar refractivity (Wildman–Crippen MR) is 115 cm³/mol. The van der Waals surface area contributed by atoms with Gasteiger partial charge in [-0.1, -0.05) is 23.7 Å². The highest BCUT2D eigenvalue weighted by Crippen LogP contribution is 2.25. The highest BCUT2D eigenvalue weighted by molar-refractivity contribution is 7.16. The van der Waals surface area contributed by atoms with Crippen molar-refractivity contribution in [1.29, 1.82) is 0 Å². The number of para-hydroxylation sites is 1. The SMILES string of the molecule is C[C@@H]1CN(CC(=O)Nc2ccccc2Cl)C[C@H](C)N1c1ncc2ccsc2n1. The van der Waals surface area contributed by atoms with Gasteiger partial charge in [-0.05, 0) is 37.4 Å². The molecule has 0 bridgehead atoms. The van der Waals surface area contributed by atoms with Crippen LogP contribution in [0, 0.1) is 0 Å². The van der Waals surface area contributed by atoms with Crippen molar-refractivity contribution in [3.8, 4) is 0 Å². The number of amides is 1. The molecule has 0 aliphatic carbocycles. The van der Waals surface area contributed by atoms with Crippen molar-refractivity contribution in [2.24, 2.45) is 0 Å². The van der Waals surface area contributed by atoms with Crippen LogP contribution in [0.5, 0.6) is 0 Å². The van der Waals surface area contributed by atoms with Crippen LogP contribution in [0.3, 0.4) is 0 Å². The van der Waals surface area contributed by atoms with Crippen molar-refractivity contribution in [3.63, 3.8) is 0 Å². The molecule has 0 unspecified atom stereocenters. The van der Waals surface area contributed by atoms with Crippen LogP contribution in [-0.2, 0) is 4.79 Å². The van der Waals surface area contributed by atoms with Gasteiger partial charge in [0.2, 0.25) is 11.9 Å². The van der Waals surface area contributed by atoms with Crippen molar-refractivity contribution < 1.29 is 4.79 Å². The quantitative estimate of drug-likeness (QED) is 0.700. The van der Waals surface area contributed by atoms with Crippen molar-refractivity contribution in [3.05, 3.63) is 46.9 Å². The summed E-state index contributed by atoms with van der Waals surface area (Å²) in [6.45, 7) is 6.17. The first-order valence-electron chi connectivity index (χ1n) is 9.26. The van der Waals surface area contributed by atoms with Crippen LogP contribution in [0.1, 0.15) is 13.8 Å². The summed E-state index contributed by atoms with van der Waals surface area (Å²) in [7, 11) is 0. The van der Waals surface area contributed by atoms with E-state index in [1.807, 2.05) is 35.8 Å². The average Bonchev–Trinajstić information content (AvgIpc) is 3.11. The number of carbonyl (C=O) groups excluding carboxylic acids is 1. The Labute approximate surface area is 173 Å². The zero-order valence-electron chi connectivity index (χ0n) is 15.8. The first kappa shape index (κ1) is 19.1. The van der Waals surface area contributed by atoms with E-state index >= 15 is 0 Å². The average molecular weight is 416 g/mol. The molecule has 6 nitrogen and oxygen atoms in total. The number of hydrogen-bond donors (Lipinski definition) is 1. The van der Waals surface area contributed by atoms with Crippen LogP contribution in [0.2, 0.25) is 5.02 Å². The highest BCUT2D eigenvalue weighted by atomic mass is 35.5. The minimum Gasteiger partial charge on any atom is -0.333 e. The number of anilines is 2. The van der Waals surface area contributed by atoms with Gasteiger partial charge in [0, 0.05) is 36.8 Å². The van der Waals surface area contributed by atoms with E-state index in [0.29, 0.717) is 17.3 Å². The maximum atomic E-state index is 12.5. The van der Waals surface area contributed by atoms with E-state index in [1.54, 1.807) is 17.4 Å². The number of carbonyl (C=O) groups is 1. The Morgan fingerprint density at radius 2 is 2.00 bits per heavy atom. The minimum atomic E-state index is -0.0581. The van der Waals surface area contributed by atoms with Crippen LogP contribution < -0.4 is 10.2 Å². The van der Waals surface area contributed by atoms with Gasteiger partial charge in [-0.15, -0.1) is 11.3 Å². The first-order chi connectivity index (χ1) is 13.5. The summed E-state index contributed by atoms with van der Waals surface area (Å²) in [6.07, 6.45) is 1.89. The van der Waals surface area contributed by atoms with E-state index in [2.05, 4.69) is 33.9 Å². The maximum absolute atomic E-state index is 12.5. The summed E-state index contributed by atoms with van der Waals surface area (Å²) in [6, 6.07) is 9.71. The van der Waals surface area contributed by atoms with E-state index in [9.17, 15) is 4.79 Å². The lowest BCUT2D eigenvalue weighted by Crippen LogP contribution is -2.58. The monoisotopic (exact) mass is 415 g/mol. The van der Waals surface area contributed by atoms with E-state index < -0.39 is 0 Å². The Kier molecular flexibility index (Phi) is 5.48. The smallest absolute Gasteiger partial charge is 0.238 e. The van der Waals surface area contributed by atoms with Crippen molar-refractivity contribution in [1.82, 2.24) is 14.9 Å². The number of piperazine rings is 1. The molecule has 2 aromatic heterocycles. The summed E-state index contributed by atoms with van der Waals surface area (Å²) in [4.78, 5) is 27.2. The molecule has 3 aromatic rings. The molecule has 0 spiro atoms. The molecule has 1 N–H and O–H groups in total. The van der Waals surface area contributed by atoms with Crippen molar-refractivity contribution in [2.45, 2.75) is 25.9 Å². The molecule has 8 heteroatoms. The van der Waals surface area contributed by atoms with Gasteiger partial charge in [0.1, 0.15) is 4.83 Å². The molecule has 0 saturated carbocycles. The Hall–Kier alpha value is -2.22. The summed E-state index contributed by atoms with van der Waals surface area (Å²) >= 11 is 7.76. The number of aromatic nitrogens is 2. The summed E-state index contributed by atoms with van der Waals surface area (Å²) in [5, 5.41) is 6.55. The third-order valence-electron chi connectivity index (χ3n) is 4.94. The van der Waals surface area contributed by atoms with E-state index in [4.69, 9.17) is 16.6 Å². The molecule has 1 saturated heterocycles. The van der Waals surface area contributed by atoms with Gasteiger partial charge in [0.25, 0.3) is 0 Å². The number of thiophene rings is 1. The molecule has 4 rings (SSSR count). The van der Waals surface area contributed by atoms with E-state index in [-0.39, 0.29) is 18.0 Å². The van der Waals surface area contributed by atoms with Crippen molar-refractivity contribution in [2.75, 3.05) is 29.9 Å². The molecule has 1 aliphatic heterocycles. The molecule has 2 atom stereocenters. The number of rotatable bonds is 4. The maximum Gasteiger partial charge on any atom is 0.238 e. The fourth-order valence-electron chi connectivity index (χ4n) is 3.78. The standard InChI is InChI=1S/C20H22ClN5OS/c1-13-10-25(12-18(27)23-17-6-4-3-5-16(17)21)11-14(2)26(13)20-22-9-15-7-8-28-19(15)24-20/h3-9,13-14H,10-12H2,1-2H3,(H,23,27)/t13-,14+. The molecule has 28 heavy (non-hydrogen) atoms. The molecule has 3 heterocycles. The normalized spacial score (nSPS) is 20.5. The number of halogens is 1. The van der Waals surface area contributed by atoms with Crippen LogP contribution in [0.4, 0.5) is 11.6 Å². The van der Waals surface area contributed by atoms with Gasteiger partial charge in [0.05, 0.1) is 17.3 Å². The molecular formula is C20H22ClN5OS. The number of benzene rings is 1. The lowest BCUT2D eigenvalue weighted by Gasteiger charge is -2.44. The molecular weight excluding hydrogens is 394 g/mol. The second-order valence-electron chi connectivity index (χ2n) is 7.18. The second kappa shape index (κ2) is 8.03. The fraction of sp³-hybridized carbons (Fsp3) is 0.350. The van der Waals surface area contributed by atoms with E-state index in [1.165, 1.54) is 0 Å². The molecule has 1 aliphatic rings. The number of fused-ring (bicyclic) bond motifs is 1. The van der Waals surface area contributed by atoms with Crippen LogP contribution >= 0.6 is 22.9 Å². The van der Waals surface area contributed by atoms with Crippen LogP contribution in [0.25, 0.3) is 10.2 Å². The van der Waals surface area contributed by atoms with Gasteiger partial charge in [-0.2, -0.15) is 0 Å². The predicted octanol–water partition coefficient (Wildman–Crippen LogP) is 3.88. The lowest BCUT2D eigenvalue weighted by atomic mass is 10.1. The topological polar surface area (TPSA) is 61.4 Å². The third kappa shape index (κ3) is 3.97. The molecule has 0 radical (unpaired) electrons. The van der Waals surface area contributed by atoms with Gasteiger partial charge in [-0.25, -0.2) is 9.97 Å². The summed E-state index contributed by atoms with van der Waals surface area (Å²) in [5.41, 5.74) is 0.645. The van der Waals surface area contributed by atoms with Crippen molar-refractivity contribution >= 4 is 50.7 Å². The van der Waals surface area contributed by atoms with Gasteiger partial charge in [0.15, 0.2) is 0 Å². The number of nitrogens with zero attached hydrogens (tertiary/aromatic N) is 4. The Morgan fingerprint density at radius 1 is 1.25 bits per heavy atom. The van der Waals surface area contributed by atoms with Gasteiger partial charge in [-0.3, -0.25) is 9.69 Å². The largest absolute Gasteiger partial charge is 0.333 e. The molecule has 1 aromatic carbocycles. The Bertz CT molecular complexity index is 981. The molecule has 146 valence electrons. The fourth-order valence-corrected chi connectivity index (χ4v) is 4.70.